The zero-order valence-corrected chi connectivity index (χ0v) is 18.2. The number of hydrogen-bond donors (Lipinski definition) is 2. The Bertz CT molecular complexity index is 1110. The molecule has 4 rings (SSSR count). The SMILES string of the molecule is CCCC=CCOc1ccc(C=CC(=O)Nc2cccc3c2OC(c2nn[nH]n2)CO3)cc1. The standard InChI is InChI=1S/C24H25N5O4/c1-2-3-4-5-15-31-18-12-9-17(10-13-18)11-14-22(30)25-19-7-6-8-20-23(19)33-21(16-32-20)24-26-28-29-27-24/h4-14,21H,2-3,15-16H2,1H3,(H,25,30)(H,26,27,28,29). The van der Waals surface area contributed by atoms with Crippen LogP contribution in [0.2, 0.25) is 0 Å². The average Bonchev–Trinajstić information content (AvgIpc) is 3.38. The molecule has 3 aromatic rings. The lowest BCUT2D eigenvalue weighted by Crippen LogP contribution is -2.24. The fourth-order valence-electron chi connectivity index (χ4n) is 3.14. The van der Waals surface area contributed by atoms with Crippen LogP contribution in [0.1, 0.15) is 37.3 Å². The van der Waals surface area contributed by atoms with E-state index in [1.165, 1.54) is 6.08 Å². The number of fused-ring (bicyclic) bond motifs is 1. The van der Waals surface area contributed by atoms with Crippen LogP contribution in [0, 0.1) is 0 Å². The fourth-order valence-corrected chi connectivity index (χ4v) is 3.14. The molecule has 33 heavy (non-hydrogen) atoms. The Balaban J connectivity index is 1.35. The molecule has 1 unspecified atom stereocenters. The van der Waals surface area contributed by atoms with Crippen LogP contribution in [0.5, 0.6) is 17.2 Å². The number of hydrogen-bond acceptors (Lipinski definition) is 7. The van der Waals surface area contributed by atoms with Gasteiger partial charge in [-0.2, -0.15) is 5.21 Å². The Labute approximate surface area is 191 Å². The molecule has 1 aliphatic heterocycles. The van der Waals surface area contributed by atoms with Crippen molar-refractivity contribution in [1.82, 2.24) is 20.6 Å². The van der Waals surface area contributed by atoms with Crippen molar-refractivity contribution in [1.29, 1.82) is 0 Å². The summed E-state index contributed by atoms with van der Waals surface area (Å²) in [7, 11) is 0. The molecule has 9 nitrogen and oxygen atoms in total. The molecule has 0 radical (unpaired) electrons. The van der Waals surface area contributed by atoms with Gasteiger partial charge in [0, 0.05) is 6.08 Å². The second-order valence-electron chi connectivity index (χ2n) is 7.28. The highest BCUT2D eigenvalue weighted by molar-refractivity contribution is 6.03. The Hall–Kier alpha value is -4.14. The normalized spacial score (nSPS) is 15.1. The summed E-state index contributed by atoms with van der Waals surface area (Å²) in [5.74, 6) is 1.83. The zero-order chi connectivity index (χ0) is 22.9. The van der Waals surface area contributed by atoms with E-state index < -0.39 is 6.10 Å². The summed E-state index contributed by atoms with van der Waals surface area (Å²) in [4.78, 5) is 12.5. The quantitative estimate of drug-likeness (QED) is 0.375. The second-order valence-corrected chi connectivity index (χ2v) is 7.28. The topological polar surface area (TPSA) is 111 Å². The van der Waals surface area contributed by atoms with Crippen LogP contribution in [0.4, 0.5) is 5.69 Å². The van der Waals surface area contributed by atoms with Gasteiger partial charge in [-0.3, -0.25) is 4.79 Å². The Kier molecular flexibility index (Phi) is 7.32. The van der Waals surface area contributed by atoms with E-state index in [1.807, 2.05) is 30.3 Å². The van der Waals surface area contributed by atoms with E-state index >= 15 is 0 Å². The highest BCUT2D eigenvalue weighted by atomic mass is 16.6. The molecule has 1 atom stereocenters. The number of nitrogens with one attached hydrogen (secondary N) is 2. The largest absolute Gasteiger partial charge is 0.490 e. The van der Waals surface area contributed by atoms with E-state index in [1.54, 1.807) is 24.3 Å². The molecule has 1 aromatic heterocycles. The average molecular weight is 447 g/mol. The molecule has 0 saturated heterocycles. The van der Waals surface area contributed by atoms with Crippen LogP contribution in [0.25, 0.3) is 6.08 Å². The van der Waals surface area contributed by atoms with Crippen molar-refractivity contribution < 1.29 is 19.0 Å². The van der Waals surface area contributed by atoms with Crippen LogP contribution in [-0.4, -0.2) is 39.7 Å². The van der Waals surface area contributed by atoms with Crippen LogP contribution >= 0.6 is 0 Å². The maximum Gasteiger partial charge on any atom is 0.248 e. The number of para-hydroxylation sites is 1. The van der Waals surface area contributed by atoms with E-state index in [9.17, 15) is 4.79 Å². The van der Waals surface area contributed by atoms with Gasteiger partial charge in [0.1, 0.15) is 19.0 Å². The molecular weight excluding hydrogens is 422 g/mol. The molecule has 1 amide bonds. The van der Waals surface area contributed by atoms with Crippen LogP contribution in [0.3, 0.4) is 0 Å². The monoisotopic (exact) mass is 447 g/mol. The van der Waals surface area contributed by atoms with E-state index in [0.717, 1.165) is 24.2 Å². The molecule has 2 heterocycles. The first kappa shape index (κ1) is 22.1. The van der Waals surface area contributed by atoms with Crippen molar-refractivity contribution in [3.05, 3.63) is 72.1 Å². The molecule has 170 valence electrons. The molecule has 2 N–H and O–H groups in total. The van der Waals surface area contributed by atoms with Crippen LogP contribution in [-0.2, 0) is 4.79 Å². The number of rotatable bonds is 9. The minimum Gasteiger partial charge on any atom is -0.490 e. The van der Waals surface area contributed by atoms with Gasteiger partial charge in [-0.05, 0) is 42.3 Å². The van der Waals surface area contributed by atoms with E-state index in [4.69, 9.17) is 14.2 Å². The van der Waals surface area contributed by atoms with E-state index in [2.05, 4.69) is 38.9 Å². The summed E-state index contributed by atoms with van der Waals surface area (Å²) in [5.41, 5.74) is 1.38. The molecule has 1 aliphatic rings. The van der Waals surface area contributed by atoms with Gasteiger partial charge in [0.15, 0.2) is 17.6 Å². The second kappa shape index (κ2) is 10.9. The highest BCUT2D eigenvalue weighted by Crippen LogP contribution is 2.41. The zero-order valence-electron chi connectivity index (χ0n) is 18.2. The van der Waals surface area contributed by atoms with Gasteiger partial charge < -0.3 is 19.5 Å². The predicted molar refractivity (Wildman–Crippen MR) is 123 cm³/mol. The fraction of sp³-hybridized carbons (Fsp3) is 0.250. The lowest BCUT2D eigenvalue weighted by Gasteiger charge is -2.26. The summed E-state index contributed by atoms with van der Waals surface area (Å²) >= 11 is 0. The number of benzene rings is 2. The molecule has 0 aliphatic carbocycles. The molecule has 0 spiro atoms. The molecule has 2 aromatic carbocycles. The number of carbonyl (C=O) groups is 1. The molecule has 0 fully saturated rings. The minimum absolute atomic E-state index is 0.249. The lowest BCUT2D eigenvalue weighted by molar-refractivity contribution is -0.111. The third kappa shape index (κ3) is 5.97. The summed E-state index contributed by atoms with van der Waals surface area (Å²) in [6.45, 7) is 2.93. The van der Waals surface area contributed by atoms with Gasteiger partial charge in [-0.25, -0.2) is 0 Å². The van der Waals surface area contributed by atoms with E-state index in [0.29, 0.717) is 29.6 Å². The van der Waals surface area contributed by atoms with Crippen LogP contribution < -0.4 is 19.5 Å². The number of aromatic nitrogens is 4. The van der Waals surface area contributed by atoms with Crippen molar-refractivity contribution in [3.63, 3.8) is 0 Å². The van der Waals surface area contributed by atoms with Gasteiger partial charge in [0.25, 0.3) is 0 Å². The first-order chi connectivity index (χ1) is 16.2. The molecule has 9 heteroatoms. The summed E-state index contributed by atoms with van der Waals surface area (Å²) in [5, 5.41) is 16.7. The number of carbonyl (C=O) groups excluding carboxylic acids is 1. The van der Waals surface area contributed by atoms with Gasteiger partial charge >= 0.3 is 0 Å². The van der Waals surface area contributed by atoms with Gasteiger partial charge in [0.05, 0.1) is 5.69 Å². The Morgan fingerprint density at radius 3 is 2.91 bits per heavy atom. The summed E-state index contributed by atoms with van der Waals surface area (Å²) in [6.07, 6.45) is 8.98. The van der Waals surface area contributed by atoms with Gasteiger partial charge in [-0.1, -0.05) is 48.9 Å². The lowest BCUT2D eigenvalue weighted by atomic mass is 10.2. The Morgan fingerprint density at radius 1 is 1.24 bits per heavy atom. The number of anilines is 1. The van der Waals surface area contributed by atoms with Crippen molar-refractivity contribution in [2.75, 3.05) is 18.5 Å². The number of H-pyrrole nitrogens is 1. The van der Waals surface area contributed by atoms with E-state index in [-0.39, 0.29) is 12.5 Å². The maximum absolute atomic E-state index is 12.5. The minimum atomic E-state index is -0.521. The number of nitrogens with zero attached hydrogens (tertiary/aromatic N) is 3. The summed E-state index contributed by atoms with van der Waals surface area (Å²) < 4.78 is 17.4. The number of unbranched alkanes of at least 4 members (excludes halogenated alkanes) is 1. The van der Waals surface area contributed by atoms with Crippen molar-refractivity contribution >= 4 is 17.7 Å². The van der Waals surface area contributed by atoms with Crippen molar-refractivity contribution in [2.45, 2.75) is 25.9 Å². The Morgan fingerprint density at radius 2 is 2.12 bits per heavy atom. The summed E-state index contributed by atoms with van der Waals surface area (Å²) in [6, 6.07) is 12.8. The number of ether oxygens (including phenoxy) is 3. The van der Waals surface area contributed by atoms with Crippen molar-refractivity contribution in [2.24, 2.45) is 0 Å². The highest BCUT2D eigenvalue weighted by Gasteiger charge is 2.28. The van der Waals surface area contributed by atoms with Gasteiger partial charge in [0.2, 0.25) is 11.7 Å². The number of aromatic amines is 1. The predicted octanol–water partition coefficient (Wildman–Crippen LogP) is 4.10. The number of amides is 1. The molecular formula is C24H25N5O4. The first-order valence-corrected chi connectivity index (χ1v) is 10.8. The smallest absolute Gasteiger partial charge is 0.248 e. The van der Waals surface area contributed by atoms with Crippen LogP contribution in [0.15, 0.2) is 60.7 Å². The first-order valence-electron chi connectivity index (χ1n) is 10.8. The maximum atomic E-state index is 12.5. The van der Waals surface area contributed by atoms with Gasteiger partial charge in [-0.15, -0.1) is 10.2 Å². The third-order valence-corrected chi connectivity index (χ3v) is 4.81. The molecule has 0 saturated carbocycles. The molecule has 0 bridgehead atoms. The van der Waals surface area contributed by atoms with Crippen molar-refractivity contribution in [3.8, 4) is 17.2 Å². The number of allylic oxidation sites excluding steroid dienone is 1. The third-order valence-electron chi connectivity index (χ3n) is 4.81. The number of tetrazole rings is 1.